The minimum Gasteiger partial charge on any atom is -0.481 e. The molecule has 0 bridgehead atoms. The Labute approximate surface area is 241 Å². The average Bonchev–Trinajstić information content (AvgIpc) is 2.86. The van der Waals surface area contributed by atoms with Gasteiger partial charge in [0.25, 0.3) is 0 Å². The van der Waals surface area contributed by atoms with Crippen molar-refractivity contribution in [3.63, 3.8) is 0 Å². The zero-order chi connectivity index (χ0) is 30.1. The van der Waals surface area contributed by atoms with E-state index in [0.29, 0.717) is 24.8 Å². The van der Waals surface area contributed by atoms with Gasteiger partial charge < -0.3 is 9.52 Å². The minimum absolute atomic E-state index is 0.0135. The summed E-state index contributed by atoms with van der Waals surface area (Å²) in [6.07, 6.45) is 3.51. The Balaban J connectivity index is 1.51. The van der Waals surface area contributed by atoms with E-state index in [9.17, 15) is 27.9 Å². The van der Waals surface area contributed by atoms with Crippen molar-refractivity contribution in [2.45, 2.75) is 111 Å². The van der Waals surface area contributed by atoms with Gasteiger partial charge in [0.15, 0.2) is 0 Å². The molecule has 0 spiro atoms. The Morgan fingerprint density at radius 1 is 1.00 bits per heavy atom. The molecule has 4 nitrogen and oxygen atoms in total. The fraction of sp³-hybridized carbons (Fsp3) is 0.765. The van der Waals surface area contributed by atoms with Gasteiger partial charge in [-0.2, -0.15) is 13.2 Å². The van der Waals surface area contributed by atoms with Gasteiger partial charge in [-0.3, -0.25) is 4.79 Å². The van der Waals surface area contributed by atoms with Crippen LogP contribution in [0.2, 0.25) is 0 Å². The van der Waals surface area contributed by atoms with Gasteiger partial charge in [-0.1, -0.05) is 60.1 Å². The van der Waals surface area contributed by atoms with Gasteiger partial charge in [0, 0.05) is 17.0 Å². The molecule has 6 rings (SSSR count). The van der Waals surface area contributed by atoms with Gasteiger partial charge in [-0.05, 0) is 97.2 Å². The summed E-state index contributed by atoms with van der Waals surface area (Å²) in [5.74, 6) is 0.406. The van der Waals surface area contributed by atoms with Crippen LogP contribution in [0, 0.1) is 51.2 Å². The summed E-state index contributed by atoms with van der Waals surface area (Å²) in [5, 5.41) is 10.6. The lowest BCUT2D eigenvalue weighted by Gasteiger charge is -2.70. The van der Waals surface area contributed by atoms with E-state index >= 15 is 0 Å². The number of carboxylic acids is 1. The van der Waals surface area contributed by atoms with E-state index < -0.39 is 39.6 Å². The number of halogens is 3. The van der Waals surface area contributed by atoms with E-state index in [1.165, 1.54) is 5.57 Å². The molecule has 5 aliphatic rings. The van der Waals surface area contributed by atoms with Crippen molar-refractivity contribution in [2.75, 3.05) is 0 Å². The van der Waals surface area contributed by atoms with E-state index in [1.807, 2.05) is 13.8 Å². The first-order valence-electron chi connectivity index (χ1n) is 15.5. The van der Waals surface area contributed by atoms with Crippen LogP contribution in [-0.2, 0) is 22.8 Å². The molecule has 3 fully saturated rings. The first-order valence-corrected chi connectivity index (χ1v) is 15.5. The maximum atomic E-state index is 14.3. The molecule has 3 saturated carbocycles. The fourth-order valence-corrected chi connectivity index (χ4v) is 11.7. The molecule has 1 heterocycles. The number of fused-ring (bicyclic) bond motifs is 8. The maximum Gasteiger partial charge on any atom is 0.417 e. The van der Waals surface area contributed by atoms with Gasteiger partial charge in [0.1, 0.15) is 5.76 Å². The smallest absolute Gasteiger partial charge is 0.417 e. The van der Waals surface area contributed by atoms with Gasteiger partial charge in [0.05, 0.1) is 11.0 Å². The lowest BCUT2D eigenvalue weighted by molar-refractivity contribution is -0.180. The van der Waals surface area contributed by atoms with Gasteiger partial charge in [-0.15, -0.1) is 0 Å². The number of hydrogen-bond acceptors (Lipinski definition) is 3. The highest BCUT2D eigenvalue weighted by molar-refractivity contribution is 5.76. The van der Waals surface area contributed by atoms with E-state index in [2.05, 4.69) is 40.7 Å². The summed E-state index contributed by atoms with van der Waals surface area (Å²) in [4.78, 5) is 25.3. The minimum atomic E-state index is -4.64. The van der Waals surface area contributed by atoms with Crippen molar-refractivity contribution in [2.24, 2.45) is 51.2 Å². The maximum absolute atomic E-state index is 14.3. The molecule has 1 aromatic rings. The van der Waals surface area contributed by atoms with E-state index in [-0.39, 0.29) is 52.2 Å². The molecule has 0 amide bonds. The monoisotopic (exact) mass is 574 g/mol. The van der Waals surface area contributed by atoms with Crippen LogP contribution < -0.4 is 5.63 Å². The molecule has 0 unspecified atom stereocenters. The van der Waals surface area contributed by atoms with Crippen LogP contribution in [0.25, 0.3) is 0 Å². The van der Waals surface area contributed by atoms with E-state index in [1.54, 1.807) is 0 Å². The third-order valence-corrected chi connectivity index (χ3v) is 14.1. The van der Waals surface area contributed by atoms with Crippen molar-refractivity contribution >= 4 is 5.97 Å². The first-order chi connectivity index (χ1) is 18.8. The topological polar surface area (TPSA) is 67.5 Å². The molecule has 5 aliphatic carbocycles. The van der Waals surface area contributed by atoms with E-state index in [4.69, 9.17) is 4.42 Å². The second-order valence-electron chi connectivity index (χ2n) is 15.8. The van der Waals surface area contributed by atoms with Gasteiger partial charge in [-0.25, -0.2) is 4.79 Å². The van der Waals surface area contributed by atoms with Crippen LogP contribution in [0.4, 0.5) is 13.2 Å². The summed E-state index contributed by atoms with van der Waals surface area (Å²) in [6, 6.07) is 0.638. The second kappa shape index (κ2) is 8.53. The number of carboxylic acid groups (broad SMARTS) is 1. The highest BCUT2D eigenvalue weighted by Crippen LogP contribution is 2.75. The summed E-state index contributed by atoms with van der Waals surface area (Å²) in [5.41, 5.74) is -2.64. The number of carbonyl (C=O) groups is 1. The van der Waals surface area contributed by atoms with Gasteiger partial charge in [0.2, 0.25) is 0 Å². The molecule has 0 radical (unpaired) electrons. The highest BCUT2D eigenvalue weighted by Gasteiger charge is 2.70. The Bertz CT molecular complexity index is 1390. The van der Waals surface area contributed by atoms with Crippen molar-refractivity contribution in [3.8, 4) is 0 Å². The first kappa shape index (κ1) is 29.0. The van der Waals surface area contributed by atoms with Crippen molar-refractivity contribution < 1.29 is 27.5 Å². The summed E-state index contributed by atoms with van der Waals surface area (Å²) >= 11 is 0. The van der Waals surface area contributed by atoms with Crippen LogP contribution >= 0.6 is 0 Å². The van der Waals surface area contributed by atoms with E-state index in [0.717, 1.165) is 32.1 Å². The Morgan fingerprint density at radius 3 is 2.32 bits per heavy atom. The average molecular weight is 575 g/mol. The van der Waals surface area contributed by atoms with Crippen molar-refractivity contribution in [1.29, 1.82) is 0 Å². The third-order valence-electron chi connectivity index (χ3n) is 14.1. The standard InChI is InChI=1S/C34H45F3O4/c1-18-10-13-33(28(39)40)15-14-31(6)21(26(33)19(18)2)8-9-24-30(5)17-20-22(34(35,36)37)16-25(38)41-27(20)29(3,4)23(30)11-12-32(24,31)7/h8,16,18-19,23-24,26H,9-15,17H2,1-7H3,(H,39,40)/t18-,19+,23+,24-,26+,30+,31-,32-,33+/m1/s1. The predicted molar refractivity (Wildman–Crippen MR) is 150 cm³/mol. The van der Waals surface area contributed by atoms with Crippen molar-refractivity contribution in [1.82, 2.24) is 0 Å². The second-order valence-corrected chi connectivity index (χ2v) is 15.8. The number of rotatable bonds is 1. The zero-order valence-corrected chi connectivity index (χ0v) is 25.5. The number of alkyl halides is 3. The summed E-state index contributed by atoms with van der Waals surface area (Å²) in [6.45, 7) is 15.3. The number of allylic oxidation sites excluding steroid dienone is 2. The fourth-order valence-electron chi connectivity index (χ4n) is 11.7. The number of hydrogen-bond donors (Lipinski definition) is 1. The highest BCUT2D eigenvalue weighted by atomic mass is 19.4. The molecule has 0 aliphatic heterocycles. The molecule has 1 aromatic heterocycles. The molecule has 226 valence electrons. The molecule has 0 aromatic carbocycles. The normalized spacial score (nSPS) is 44.8. The molecular weight excluding hydrogens is 529 g/mol. The van der Waals surface area contributed by atoms with Crippen LogP contribution in [-0.4, -0.2) is 11.1 Å². The lowest BCUT2D eigenvalue weighted by atomic mass is 9.33. The SMILES string of the molecule is C[C@H]1[C@H](C)CC[C@]2(C(=O)O)CC[C@]3(C)C(=CC[C@@H]4[C@@]5(C)Cc6c(C(F)(F)F)cc(=O)oc6C(C)(C)[C@@H]5CC[C@]43C)[C@H]12. The van der Waals surface area contributed by atoms with Crippen LogP contribution in [0.15, 0.2) is 26.9 Å². The van der Waals surface area contributed by atoms with Crippen LogP contribution in [0.5, 0.6) is 0 Å². The largest absolute Gasteiger partial charge is 0.481 e. The molecule has 7 heteroatoms. The Hall–Kier alpha value is -2.05. The van der Waals surface area contributed by atoms with Crippen LogP contribution in [0.1, 0.15) is 110 Å². The lowest BCUT2D eigenvalue weighted by Crippen LogP contribution is -2.65. The molecule has 9 atom stereocenters. The molecule has 1 N–H and O–H groups in total. The van der Waals surface area contributed by atoms with Crippen molar-refractivity contribution in [3.05, 3.63) is 45.0 Å². The Kier molecular flexibility index (Phi) is 6.04. The predicted octanol–water partition coefficient (Wildman–Crippen LogP) is 8.41. The quantitative estimate of drug-likeness (QED) is 0.342. The summed E-state index contributed by atoms with van der Waals surface area (Å²) < 4.78 is 48.6. The van der Waals surface area contributed by atoms with Gasteiger partial charge >= 0.3 is 17.8 Å². The Morgan fingerprint density at radius 2 is 1.68 bits per heavy atom. The third kappa shape index (κ3) is 3.53. The molecule has 0 saturated heterocycles. The molecule has 41 heavy (non-hydrogen) atoms. The molecular formula is C34H45F3O4. The summed E-state index contributed by atoms with van der Waals surface area (Å²) in [7, 11) is 0. The van der Waals surface area contributed by atoms with Crippen LogP contribution in [0.3, 0.4) is 0 Å². The number of aliphatic carboxylic acids is 1. The zero-order valence-electron chi connectivity index (χ0n) is 25.5.